The summed E-state index contributed by atoms with van der Waals surface area (Å²) in [4.78, 5) is 61.0. The third-order valence-corrected chi connectivity index (χ3v) is 3.38. The minimum absolute atomic E-state index is 1.13. The van der Waals surface area contributed by atoms with E-state index in [1.807, 2.05) is 0 Å². The van der Waals surface area contributed by atoms with Gasteiger partial charge in [-0.15, -0.1) is 0 Å². The van der Waals surface area contributed by atoms with E-state index in [1.165, 1.54) is 0 Å². The molecule has 0 bridgehead atoms. The lowest BCUT2D eigenvalue weighted by molar-refractivity contribution is -0.185. The van der Waals surface area contributed by atoms with Gasteiger partial charge in [-0.3, -0.25) is 23.7 Å². The van der Waals surface area contributed by atoms with Crippen molar-refractivity contribution in [1.82, 2.24) is 0 Å². The van der Waals surface area contributed by atoms with Crippen LogP contribution in [0.1, 0.15) is 6.42 Å². The Morgan fingerprint density at radius 2 is 1.25 bits per heavy atom. The van der Waals surface area contributed by atoms with Gasteiger partial charge in [-0.25, -0.2) is 0 Å². The zero-order chi connectivity index (χ0) is 16.3. The van der Waals surface area contributed by atoms with Gasteiger partial charge in [-0.05, 0) is 6.42 Å². The highest BCUT2D eigenvalue weighted by atomic mass is 31.2. The summed E-state index contributed by atoms with van der Waals surface area (Å²) in [6.07, 6.45) is -2.30. The quantitative estimate of drug-likeness (QED) is 0.224. The molecule has 20 heavy (non-hydrogen) atoms. The predicted molar refractivity (Wildman–Crippen MR) is 58.0 cm³/mol. The SMILES string of the molecule is O=C(O)C(CCP(=O)(O)O)C(C(=O)O)(C(=O)O)C(=O)O. The number of hydrogen-bond acceptors (Lipinski definition) is 5. The van der Waals surface area contributed by atoms with Gasteiger partial charge in [0.1, 0.15) is 0 Å². The normalized spacial score (nSPS) is 13.5. The van der Waals surface area contributed by atoms with Gasteiger partial charge in [0.05, 0.1) is 12.1 Å². The molecule has 0 heterocycles. The van der Waals surface area contributed by atoms with Crippen molar-refractivity contribution in [2.24, 2.45) is 11.3 Å². The summed E-state index contributed by atoms with van der Waals surface area (Å²) in [6.45, 7) is 0. The Morgan fingerprint density at radius 1 is 0.900 bits per heavy atom. The molecule has 1 unspecified atom stereocenters. The van der Waals surface area contributed by atoms with E-state index in [1.54, 1.807) is 0 Å². The van der Waals surface area contributed by atoms with Gasteiger partial charge in [-0.2, -0.15) is 0 Å². The molecule has 1 atom stereocenters. The highest BCUT2D eigenvalue weighted by molar-refractivity contribution is 7.51. The topological polar surface area (TPSA) is 207 Å². The number of rotatable bonds is 8. The van der Waals surface area contributed by atoms with Crippen LogP contribution in [-0.2, 0) is 23.7 Å². The summed E-state index contributed by atoms with van der Waals surface area (Å²) < 4.78 is 10.7. The van der Waals surface area contributed by atoms with Crippen molar-refractivity contribution in [1.29, 1.82) is 0 Å². The van der Waals surface area contributed by atoms with E-state index >= 15 is 0 Å². The van der Waals surface area contributed by atoms with Crippen molar-refractivity contribution in [2.75, 3.05) is 6.16 Å². The van der Waals surface area contributed by atoms with Gasteiger partial charge < -0.3 is 30.2 Å². The molecule has 0 aromatic heterocycles. The van der Waals surface area contributed by atoms with Crippen LogP contribution < -0.4 is 0 Å². The molecule has 6 N–H and O–H groups in total. The molecular weight excluding hydrogens is 303 g/mol. The van der Waals surface area contributed by atoms with Crippen LogP contribution in [0.15, 0.2) is 0 Å². The molecule has 0 radical (unpaired) electrons. The first kappa shape index (κ1) is 18.0. The molecule has 0 fully saturated rings. The van der Waals surface area contributed by atoms with E-state index in [0.29, 0.717) is 0 Å². The number of carboxylic acids is 4. The van der Waals surface area contributed by atoms with E-state index < -0.39 is 55.4 Å². The zero-order valence-electron chi connectivity index (χ0n) is 9.66. The van der Waals surface area contributed by atoms with Crippen molar-refractivity contribution in [3.05, 3.63) is 0 Å². The fourth-order valence-electron chi connectivity index (χ4n) is 1.54. The molecule has 0 aliphatic heterocycles. The maximum atomic E-state index is 11.0. The minimum Gasteiger partial charge on any atom is -0.481 e. The van der Waals surface area contributed by atoms with Crippen molar-refractivity contribution in [2.45, 2.75) is 6.42 Å². The third-order valence-electron chi connectivity index (χ3n) is 2.54. The van der Waals surface area contributed by atoms with Crippen LogP contribution in [0.2, 0.25) is 0 Å². The summed E-state index contributed by atoms with van der Waals surface area (Å²) in [5.74, 6) is -12.0. The first-order chi connectivity index (χ1) is 8.87. The fraction of sp³-hybridized carbons (Fsp3) is 0.500. The second-order valence-corrected chi connectivity index (χ2v) is 5.57. The Labute approximate surface area is 110 Å². The second kappa shape index (κ2) is 5.99. The predicted octanol–water partition coefficient (Wildman–Crippen LogP) is -1.50. The van der Waals surface area contributed by atoms with E-state index in [0.717, 1.165) is 0 Å². The van der Waals surface area contributed by atoms with Crippen LogP contribution in [0.25, 0.3) is 0 Å². The smallest absolute Gasteiger partial charge is 0.333 e. The molecule has 0 saturated heterocycles. The van der Waals surface area contributed by atoms with Gasteiger partial charge in [0.25, 0.3) is 5.41 Å². The Morgan fingerprint density at radius 3 is 1.45 bits per heavy atom. The first-order valence-electron chi connectivity index (χ1n) is 4.85. The van der Waals surface area contributed by atoms with Crippen molar-refractivity contribution >= 4 is 31.5 Å². The van der Waals surface area contributed by atoms with Gasteiger partial charge in [0.15, 0.2) is 0 Å². The monoisotopic (exact) mass is 314 g/mol. The number of carbonyl (C=O) groups is 4. The Kier molecular flexibility index (Phi) is 5.40. The maximum Gasteiger partial charge on any atom is 0.333 e. The molecule has 12 heteroatoms. The van der Waals surface area contributed by atoms with Gasteiger partial charge in [-0.1, -0.05) is 0 Å². The van der Waals surface area contributed by atoms with E-state index in [9.17, 15) is 23.7 Å². The standard InChI is InChI=1S/C8H11O11P/c9-4(10)3(1-2-20(17,18)19)8(5(11)12,6(13)14)7(15)16/h3H,1-2H2,(H,9,10)(H,11,12)(H,13,14)(H,15,16)(H2,17,18,19). The highest BCUT2D eigenvalue weighted by Gasteiger charge is 2.63. The lowest BCUT2D eigenvalue weighted by atomic mass is 9.73. The molecule has 0 aromatic rings. The molecule has 0 rings (SSSR count). The number of aliphatic carboxylic acids is 4. The molecule has 0 amide bonds. The summed E-state index contributed by atoms with van der Waals surface area (Å²) in [7, 11) is -4.76. The lowest BCUT2D eigenvalue weighted by Crippen LogP contribution is -2.54. The Balaban J connectivity index is 5.86. The molecular formula is C8H11O11P. The van der Waals surface area contributed by atoms with E-state index in [-0.39, 0.29) is 0 Å². The molecule has 11 nitrogen and oxygen atoms in total. The average Bonchev–Trinajstić information content (AvgIpc) is 2.19. The first-order valence-corrected chi connectivity index (χ1v) is 6.64. The van der Waals surface area contributed by atoms with Gasteiger partial charge in [0, 0.05) is 0 Å². The van der Waals surface area contributed by atoms with E-state index in [2.05, 4.69) is 0 Å². The molecule has 114 valence electrons. The van der Waals surface area contributed by atoms with Crippen LogP contribution in [0.3, 0.4) is 0 Å². The van der Waals surface area contributed by atoms with Crippen molar-refractivity contribution in [3.8, 4) is 0 Å². The third kappa shape index (κ3) is 3.53. The van der Waals surface area contributed by atoms with Crippen LogP contribution in [0, 0.1) is 11.3 Å². The Bertz CT molecular complexity index is 453. The van der Waals surface area contributed by atoms with Crippen LogP contribution in [0.4, 0.5) is 0 Å². The van der Waals surface area contributed by atoms with E-state index in [4.69, 9.17) is 30.2 Å². The van der Waals surface area contributed by atoms with Gasteiger partial charge >= 0.3 is 31.5 Å². The van der Waals surface area contributed by atoms with Gasteiger partial charge in [0.2, 0.25) is 0 Å². The average molecular weight is 314 g/mol. The maximum absolute atomic E-state index is 11.0. The highest BCUT2D eigenvalue weighted by Crippen LogP contribution is 2.40. The minimum atomic E-state index is -4.76. The van der Waals surface area contributed by atoms with Crippen LogP contribution >= 0.6 is 7.60 Å². The molecule has 0 aliphatic carbocycles. The lowest BCUT2D eigenvalue weighted by Gasteiger charge is -2.26. The zero-order valence-corrected chi connectivity index (χ0v) is 10.6. The van der Waals surface area contributed by atoms with Crippen molar-refractivity contribution in [3.63, 3.8) is 0 Å². The molecule has 0 aromatic carbocycles. The van der Waals surface area contributed by atoms with Crippen LogP contribution in [0.5, 0.6) is 0 Å². The summed E-state index contributed by atoms with van der Waals surface area (Å²) in [5.41, 5.74) is -3.74. The molecule has 0 saturated carbocycles. The summed E-state index contributed by atoms with van der Waals surface area (Å²) in [6, 6.07) is 0. The Hall–Kier alpha value is -1.97. The largest absolute Gasteiger partial charge is 0.481 e. The molecule has 0 aliphatic rings. The summed E-state index contributed by atoms with van der Waals surface area (Å²) in [5, 5.41) is 35.2. The second-order valence-electron chi connectivity index (χ2n) is 3.79. The fourth-order valence-corrected chi connectivity index (χ4v) is 2.14. The van der Waals surface area contributed by atoms with Crippen molar-refractivity contribution < 1.29 is 54.0 Å². The number of hydrogen-bond donors (Lipinski definition) is 6. The van der Waals surface area contributed by atoms with Crippen LogP contribution in [-0.4, -0.2) is 60.3 Å². The number of carboxylic acid groups (broad SMARTS) is 4. The molecule has 0 spiro atoms. The summed E-state index contributed by atoms with van der Waals surface area (Å²) >= 11 is 0.